The van der Waals surface area contributed by atoms with Gasteiger partial charge in [0, 0.05) is 30.4 Å². The molecular formula is C21H29IN4O. The van der Waals surface area contributed by atoms with Crippen molar-refractivity contribution in [1.29, 1.82) is 0 Å². The summed E-state index contributed by atoms with van der Waals surface area (Å²) in [5.41, 5.74) is 9.33. The fourth-order valence-corrected chi connectivity index (χ4v) is 3.18. The number of aliphatic imine (C=N–C) groups is 1. The van der Waals surface area contributed by atoms with Gasteiger partial charge in [0.1, 0.15) is 5.75 Å². The molecule has 0 spiro atoms. The van der Waals surface area contributed by atoms with E-state index in [0.717, 1.165) is 36.3 Å². The molecule has 0 unspecified atom stereocenters. The van der Waals surface area contributed by atoms with Crippen molar-refractivity contribution in [1.82, 2.24) is 10.3 Å². The standard InChI is InChI=1S/C21H28N4O.HI/c1-16-9-10-17(20(14-16)26-19-7-2-3-8-19)15-25-21(22)24-13-11-18-6-4-5-12-23-18;/h4-6,9-10,12,14,19H,2-3,7-8,11,13,15H2,1H3,(H3,22,24,25);1H. The lowest BCUT2D eigenvalue weighted by Crippen LogP contribution is -2.33. The summed E-state index contributed by atoms with van der Waals surface area (Å²) in [7, 11) is 0. The van der Waals surface area contributed by atoms with Crippen LogP contribution in [0.15, 0.2) is 47.6 Å². The van der Waals surface area contributed by atoms with Crippen LogP contribution in [0.25, 0.3) is 0 Å². The normalized spacial score (nSPS) is 14.6. The maximum atomic E-state index is 6.22. The van der Waals surface area contributed by atoms with Gasteiger partial charge in [0.25, 0.3) is 0 Å². The Morgan fingerprint density at radius 1 is 1.26 bits per heavy atom. The minimum Gasteiger partial charge on any atom is -0.490 e. The molecule has 6 heteroatoms. The maximum absolute atomic E-state index is 6.22. The molecule has 0 aliphatic heterocycles. The molecule has 1 saturated carbocycles. The molecule has 0 radical (unpaired) electrons. The molecule has 1 aliphatic rings. The predicted octanol–water partition coefficient (Wildman–Crippen LogP) is 3.98. The topological polar surface area (TPSA) is 72.5 Å². The lowest BCUT2D eigenvalue weighted by Gasteiger charge is -2.16. The monoisotopic (exact) mass is 480 g/mol. The third-order valence-corrected chi connectivity index (χ3v) is 4.65. The number of ether oxygens (including phenoxy) is 1. The highest BCUT2D eigenvalue weighted by molar-refractivity contribution is 14.0. The molecule has 0 bridgehead atoms. The number of nitrogens with zero attached hydrogens (tertiary/aromatic N) is 2. The summed E-state index contributed by atoms with van der Waals surface area (Å²) in [5, 5.41) is 3.15. The second-order valence-electron chi connectivity index (χ2n) is 6.83. The van der Waals surface area contributed by atoms with Crippen molar-refractivity contribution in [2.45, 2.75) is 51.7 Å². The van der Waals surface area contributed by atoms with E-state index in [0.29, 0.717) is 25.2 Å². The molecule has 1 aliphatic carbocycles. The number of halogens is 1. The highest BCUT2D eigenvalue weighted by Crippen LogP contribution is 2.28. The van der Waals surface area contributed by atoms with Crippen molar-refractivity contribution in [3.63, 3.8) is 0 Å². The lowest BCUT2D eigenvalue weighted by molar-refractivity contribution is 0.208. The highest BCUT2D eigenvalue weighted by atomic mass is 127. The van der Waals surface area contributed by atoms with Crippen molar-refractivity contribution >= 4 is 29.9 Å². The van der Waals surface area contributed by atoms with Crippen molar-refractivity contribution in [2.24, 2.45) is 10.7 Å². The molecule has 3 rings (SSSR count). The first-order valence-corrected chi connectivity index (χ1v) is 9.40. The van der Waals surface area contributed by atoms with Crippen LogP contribution in [0.2, 0.25) is 0 Å². The third-order valence-electron chi connectivity index (χ3n) is 4.65. The van der Waals surface area contributed by atoms with Crippen molar-refractivity contribution in [2.75, 3.05) is 6.54 Å². The summed E-state index contributed by atoms with van der Waals surface area (Å²) >= 11 is 0. The number of aryl methyl sites for hydroxylation is 1. The highest BCUT2D eigenvalue weighted by Gasteiger charge is 2.18. The van der Waals surface area contributed by atoms with Gasteiger partial charge in [-0.2, -0.15) is 0 Å². The summed E-state index contributed by atoms with van der Waals surface area (Å²) < 4.78 is 6.22. The second-order valence-corrected chi connectivity index (χ2v) is 6.83. The summed E-state index contributed by atoms with van der Waals surface area (Å²) in [5.74, 6) is 1.40. The molecule has 1 aromatic heterocycles. The molecule has 2 aromatic rings. The van der Waals surface area contributed by atoms with Gasteiger partial charge in [-0.05, 0) is 56.4 Å². The number of nitrogens with one attached hydrogen (secondary N) is 1. The van der Waals surface area contributed by atoms with Gasteiger partial charge in [-0.15, -0.1) is 24.0 Å². The number of rotatable bonds is 7. The smallest absolute Gasteiger partial charge is 0.188 e. The van der Waals surface area contributed by atoms with Gasteiger partial charge in [0.2, 0.25) is 0 Å². The Balaban J connectivity index is 0.00000261. The van der Waals surface area contributed by atoms with Crippen LogP contribution < -0.4 is 15.8 Å². The van der Waals surface area contributed by atoms with Crippen LogP contribution in [-0.4, -0.2) is 23.6 Å². The molecule has 146 valence electrons. The fourth-order valence-electron chi connectivity index (χ4n) is 3.18. The molecule has 0 saturated heterocycles. The summed E-state index contributed by atoms with van der Waals surface area (Å²) in [6.45, 7) is 3.32. The van der Waals surface area contributed by atoms with Crippen LogP contribution in [0.3, 0.4) is 0 Å². The first kappa shape index (κ1) is 21.5. The van der Waals surface area contributed by atoms with Crippen LogP contribution in [0.5, 0.6) is 5.75 Å². The van der Waals surface area contributed by atoms with Gasteiger partial charge in [0.05, 0.1) is 12.6 Å². The number of pyridine rings is 1. The van der Waals surface area contributed by atoms with E-state index >= 15 is 0 Å². The molecule has 1 fully saturated rings. The molecule has 3 N–H and O–H groups in total. The largest absolute Gasteiger partial charge is 0.490 e. The van der Waals surface area contributed by atoms with Crippen LogP contribution in [-0.2, 0) is 13.0 Å². The van der Waals surface area contributed by atoms with E-state index in [1.165, 1.54) is 18.4 Å². The van der Waals surface area contributed by atoms with Gasteiger partial charge in [-0.1, -0.05) is 18.2 Å². The average Bonchev–Trinajstić information content (AvgIpc) is 3.15. The fraction of sp³-hybridized carbons (Fsp3) is 0.429. The molecule has 5 nitrogen and oxygen atoms in total. The van der Waals surface area contributed by atoms with Gasteiger partial charge >= 0.3 is 0 Å². The molecular weight excluding hydrogens is 451 g/mol. The quantitative estimate of drug-likeness (QED) is 0.357. The predicted molar refractivity (Wildman–Crippen MR) is 121 cm³/mol. The number of aromatic nitrogens is 1. The molecule has 0 amide bonds. The molecule has 27 heavy (non-hydrogen) atoms. The summed E-state index contributed by atoms with van der Waals surface area (Å²) in [4.78, 5) is 8.77. The number of nitrogens with two attached hydrogens (primary N) is 1. The average molecular weight is 480 g/mol. The number of hydrogen-bond acceptors (Lipinski definition) is 3. The Morgan fingerprint density at radius 3 is 2.81 bits per heavy atom. The lowest BCUT2D eigenvalue weighted by atomic mass is 10.1. The van der Waals surface area contributed by atoms with E-state index in [1.54, 1.807) is 6.20 Å². The number of hydrogen-bond donors (Lipinski definition) is 2. The van der Waals surface area contributed by atoms with E-state index < -0.39 is 0 Å². The minimum absolute atomic E-state index is 0. The van der Waals surface area contributed by atoms with Crippen molar-refractivity contribution in [3.05, 3.63) is 59.4 Å². The van der Waals surface area contributed by atoms with E-state index in [4.69, 9.17) is 10.5 Å². The summed E-state index contributed by atoms with van der Waals surface area (Å²) in [6.07, 6.45) is 7.78. The first-order chi connectivity index (χ1) is 12.7. The van der Waals surface area contributed by atoms with E-state index in [2.05, 4.69) is 40.4 Å². The Morgan fingerprint density at radius 2 is 2.07 bits per heavy atom. The number of benzene rings is 1. The van der Waals surface area contributed by atoms with E-state index in [-0.39, 0.29) is 24.0 Å². The molecule has 1 heterocycles. The number of guanidine groups is 1. The van der Waals surface area contributed by atoms with Gasteiger partial charge in [-0.25, -0.2) is 4.99 Å². The third kappa shape index (κ3) is 7.01. The first-order valence-electron chi connectivity index (χ1n) is 9.40. The van der Waals surface area contributed by atoms with Crippen molar-refractivity contribution in [3.8, 4) is 5.75 Å². The van der Waals surface area contributed by atoms with Crippen LogP contribution >= 0.6 is 24.0 Å². The Bertz CT molecular complexity index is 730. The SMILES string of the molecule is Cc1ccc(CN=C(N)NCCc2ccccn2)c(OC2CCCC2)c1.I. The maximum Gasteiger partial charge on any atom is 0.188 e. The van der Waals surface area contributed by atoms with Gasteiger partial charge in [0.15, 0.2) is 5.96 Å². The van der Waals surface area contributed by atoms with E-state index in [1.807, 2.05) is 18.2 Å². The molecule has 0 atom stereocenters. The van der Waals surface area contributed by atoms with Crippen LogP contribution in [0, 0.1) is 6.92 Å². The molecule has 1 aromatic carbocycles. The zero-order valence-corrected chi connectivity index (χ0v) is 18.2. The van der Waals surface area contributed by atoms with Crippen LogP contribution in [0.4, 0.5) is 0 Å². The Kier molecular flexibility index (Phi) is 8.84. The van der Waals surface area contributed by atoms with Crippen molar-refractivity contribution < 1.29 is 4.74 Å². The zero-order valence-electron chi connectivity index (χ0n) is 15.9. The van der Waals surface area contributed by atoms with Gasteiger partial charge in [-0.3, -0.25) is 4.98 Å². The second kappa shape index (κ2) is 11.1. The zero-order chi connectivity index (χ0) is 18.2. The van der Waals surface area contributed by atoms with Crippen LogP contribution in [0.1, 0.15) is 42.5 Å². The Labute approximate surface area is 178 Å². The summed E-state index contributed by atoms with van der Waals surface area (Å²) in [6, 6.07) is 12.2. The minimum atomic E-state index is 0. The Hall–Kier alpha value is -1.83. The van der Waals surface area contributed by atoms with E-state index in [9.17, 15) is 0 Å². The van der Waals surface area contributed by atoms with Gasteiger partial charge < -0.3 is 15.8 Å².